The van der Waals surface area contributed by atoms with E-state index in [1.807, 2.05) is 62.4 Å². The Labute approximate surface area is 217 Å². The van der Waals surface area contributed by atoms with Crippen molar-refractivity contribution in [3.05, 3.63) is 89.2 Å². The van der Waals surface area contributed by atoms with Gasteiger partial charge in [-0.05, 0) is 49.2 Å². The Balaban J connectivity index is 1.73. The van der Waals surface area contributed by atoms with Crippen LogP contribution in [0.5, 0.6) is 11.5 Å². The van der Waals surface area contributed by atoms with Gasteiger partial charge in [0.15, 0.2) is 11.5 Å². The summed E-state index contributed by atoms with van der Waals surface area (Å²) in [5.41, 5.74) is 3.81. The molecule has 192 valence electrons. The van der Waals surface area contributed by atoms with Crippen molar-refractivity contribution in [2.24, 2.45) is 11.0 Å². The van der Waals surface area contributed by atoms with Gasteiger partial charge in [-0.1, -0.05) is 37.3 Å². The third kappa shape index (κ3) is 5.97. The first-order valence-electron chi connectivity index (χ1n) is 12.3. The molecule has 1 aliphatic rings. The quantitative estimate of drug-likeness (QED) is 0.471. The normalized spacial score (nSPS) is 16.1. The minimum Gasteiger partial charge on any atom is -0.493 e. The minimum absolute atomic E-state index is 0.0576. The molecule has 1 N–H and O–H groups in total. The first-order valence-corrected chi connectivity index (χ1v) is 12.3. The highest BCUT2D eigenvalue weighted by Crippen LogP contribution is 2.32. The van der Waals surface area contributed by atoms with Crippen molar-refractivity contribution < 1.29 is 19.1 Å². The summed E-state index contributed by atoms with van der Waals surface area (Å²) in [6, 6.07) is 18.7. The van der Waals surface area contributed by atoms with E-state index in [-0.39, 0.29) is 17.7 Å². The molecule has 0 saturated heterocycles. The highest BCUT2D eigenvalue weighted by molar-refractivity contribution is 6.06. The molecule has 0 fully saturated rings. The summed E-state index contributed by atoms with van der Waals surface area (Å²) in [5, 5.41) is 9.32. The fourth-order valence-corrected chi connectivity index (χ4v) is 4.48. The van der Waals surface area contributed by atoms with Gasteiger partial charge in [-0.2, -0.15) is 5.10 Å². The lowest BCUT2D eigenvalue weighted by molar-refractivity contribution is -0.135. The number of carbonyl (C=O) groups excluding carboxylic acids is 2. The highest BCUT2D eigenvalue weighted by atomic mass is 16.5. The second kappa shape index (κ2) is 11.7. The molecule has 0 spiro atoms. The Morgan fingerprint density at radius 1 is 1.08 bits per heavy atom. The third-order valence-electron chi connectivity index (χ3n) is 6.47. The zero-order valence-electron chi connectivity index (χ0n) is 21.6. The van der Waals surface area contributed by atoms with Crippen LogP contribution >= 0.6 is 0 Å². The number of aryl methyl sites for hydroxylation is 1. The summed E-state index contributed by atoms with van der Waals surface area (Å²) < 4.78 is 10.9. The fourth-order valence-electron chi connectivity index (χ4n) is 4.48. The number of nitrogens with one attached hydrogen (secondary N) is 1. The monoisotopic (exact) mass is 500 g/mol. The SMILES string of the molecule is CCC1CC(=O)N(C(Cc2ccccc2)NC(=O)c2ccnc(C)c2)N=C1c1ccc(OC)c(OC)c1. The molecule has 0 saturated carbocycles. The molecule has 0 bridgehead atoms. The Kier molecular flexibility index (Phi) is 8.18. The van der Waals surface area contributed by atoms with E-state index in [1.165, 1.54) is 5.01 Å². The zero-order chi connectivity index (χ0) is 26.4. The van der Waals surface area contributed by atoms with Crippen molar-refractivity contribution >= 4 is 17.5 Å². The molecule has 0 aliphatic carbocycles. The lowest BCUT2D eigenvalue weighted by Crippen LogP contribution is -2.52. The molecule has 37 heavy (non-hydrogen) atoms. The summed E-state index contributed by atoms with van der Waals surface area (Å²) in [7, 11) is 3.18. The number of hydrogen-bond donors (Lipinski definition) is 1. The van der Waals surface area contributed by atoms with Crippen LogP contribution in [0.1, 0.15) is 46.9 Å². The van der Waals surface area contributed by atoms with Crippen molar-refractivity contribution in [3.8, 4) is 11.5 Å². The van der Waals surface area contributed by atoms with Gasteiger partial charge in [-0.15, -0.1) is 0 Å². The molecule has 1 aromatic heterocycles. The van der Waals surface area contributed by atoms with Gasteiger partial charge in [-0.3, -0.25) is 14.6 Å². The van der Waals surface area contributed by atoms with Crippen LogP contribution in [-0.4, -0.2) is 47.9 Å². The van der Waals surface area contributed by atoms with Crippen molar-refractivity contribution in [1.29, 1.82) is 0 Å². The van der Waals surface area contributed by atoms with E-state index in [0.717, 1.165) is 29.0 Å². The van der Waals surface area contributed by atoms with Gasteiger partial charge in [0, 0.05) is 41.8 Å². The van der Waals surface area contributed by atoms with E-state index in [4.69, 9.17) is 14.6 Å². The lowest BCUT2D eigenvalue weighted by Gasteiger charge is -2.35. The summed E-state index contributed by atoms with van der Waals surface area (Å²) in [4.78, 5) is 30.8. The van der Waals surface area contributed by atoms with Gasteiger partial charge in [0.2, 0.25) is 5.91 Å². The fraction of sp³-hybridized carbons (Fsp3) is 0.310. The van der Waals surface area contributed by atoms with Crippen molar-refractivity contribution in [3.63, 3.8) is 0 Å². The number of hydrogen-bond acceptors (Lipinski definition) is 6. The standard InChI is InChI=1S/C29H32N4O4/c1-5-21-18-27(34)33(32-28(21)22-11-12-24(36-3)25(17-22)37-4)26(16-20-9-7-6-8-10-20)31-29(35)23-13-14-30-19(2)15-23/h6-15,17,21,26H,5,16,18H2,1-4H3,(H,31,35). The number of carbonyl (C=O) groups is 2. The van der Waals surface area contributed by atoms with E-state index in [2.05, 4.69) is 10.3 Å². The first kappa shape index (κ1) is 25.9. The maximum absolute atomic E-state index is 13.4. The average molecular weight is 501 g/mol. The third-order valence-corrected chi connectivity index (χ3v) is 6.47. The number of nitrogens with zero attached hydrogens (tertiary/aromatic N) is 3. The van der Waals surface area contributed by atoms with Crippen LogP contribution in [0.15, 0.2) is 72.0 Å². The second-order valence-electron chi connectivity index (χ2n) is 8.97. The molecule has 8 heteroatoms. The number of hydrazone groups is 1. The van der Waals surface area contributed by atoms with E-state index < -0.39 is 6.17 Å². The highest BCUT2D eigenvalue weighted by Gasteiger charge is 2.34. The molecule has 0 radical (unpaired) electrons. The van der Waals surface area contributed by atoms with E-state index in [9.17, 15) is 9.59 Å². The Morgan fingerprint density at radius 2 is 1.84 bits per heavy atom. The van der Waals surface area contributed by atoms with Crippen LogP contribution in [0.2, 0.25) is 0 Å². The van der Waals surface area contributed by atoms with Crippen LogP contribution in [0.3, 0.4) is 0 Å². The van der Waals surface area contributed by atoms with Crippen LogP contribution in [0.25, 0.3) is 0 Å². The average Bonchev–Trinajstić information content (AvgIpc) is 2.92. The maximum atomic E-state index is 13.4. The van der Waals surface area contributed by atoms with Crippen LogP contribution in [0, 0.1) is 12.8 Å². The molecule has 2 atom stereocenters. The van der Waals surface area contributed by atoms with Crippen LogP contribution in [-0.2, 0) is 11.2 Å². The number of aromatic nitrogens is 1. The topological polar surface area (TPSA) is 93.1 Å². The van der Waals surface area contributed by atoms with E-state index in [1.54, 1.807) is 32.5 Å². The smallest absolute Gasteiger partial charge is 0.253 e. The van der Waals surface area contributed by atoms with Gasteiger partial charge in [0.25, 0.3) is 5.91 Å². The molecule has 8 nitrogen and oxygen atoms in total. The number of methoxy groups -OCH3 is 2. The molecule has 2 unspecified atom stereocenters. The number of rotatable bonds is 9. The van der Waals surface area contributed by atoms with Gasteiger partial charge in [-0.25, -0.2) is 5.01 Å². The number of ether oxygens (including phenoxy) is 2. The van der Waals surface area contributed by atoms with E-state index >= 15 is 0 Å². The summed E-state index contributed by atoms with van der Waals surface area (Å²) in [5.74, 6) is 0.717. The maximum Gasteiger partial charge on any atom is 0.253 e. The van der Waals surface area contributed by atoms with Gasteiger partial charge in [0.1, 0.15) is 6.17 Å². The molecule has 4 rings (SSSR count). The van der Waals surface area contributed by atoms with Crippen molar-refractivity contribution in [2.45, 2.75) is 39.3 Å². The number of benzene rings is 2. The summed E-state index contributed by atoms with van der Waals surface area (Å²) in [6.07, 6.45) is 2.37. The molecule has 2 amide bonds. The Bertz CT molecular complexity index is 1290. The summed E-state index contributed by atoms with van der Waals surface area (Å²) >= 11 is 0. The number of pyridine rings is 1. The van der Waals surface area contributed by atoms with Crippen LogP contribution in [0.4, 0.5) is 0 Å². The van der Waals surface area contributed by atoms with Gasteiger partial charge in [0.05, 0.1) is 19.9 Å². The molecule has 2 aromatic carbocycles. The molecule has 2 heterocycles. The molecular formula is C29H32N4O4. The Hall–Kier alpha value is -4.20. The largest absolute Gasteiger partial charge is 0.493 e. The zero-order valence-corrected chi connectivity index (χ0v) is 21.6. The summed E-state index contributed by atoms with van der Waals surface area (Å²) in [6.45, 7) is 3.87. The van der Waals surface area contributed by atoms with Crippen molar-refractivity contribution in [1.82, 2.24) is 15.3 Å². The van der Waals surface area contributed by atoms with E-state index in [0.29, 0.717) is 29.9 Å². The molecule has 3 aromatic rings. The predicted octanol–water partition coefficient (Wildman–Crippen LogP) is 4.37. The van der Waals surface area contributed by atoms with Crippen LogP contribution < -0.4 is 14.8 Å². The molecule has 1 aliphatic heterocycles. The van der Waals surface area contributed by atoms with Crippen molar-refractivity contribution in [2.75, 3.05) is 14.2 Å². The first-order chi connectivity index (χ1) is 17.9. The Morgan fingerprint density at radius 3 is 2.51 bits per heavy atom. The van der Waals surface area contributed by atoms with Gasteiger partial charge >= 0.3 is 0 Å². The second-order valence-corrected chi connectivity index (χ2v) is 8.97. The lowest BCUT2D eigenvalue weighted by atomic mass is 9.89. The molecular weight excluding hydrogens is 468 g/mol. The van der Waals surface area contributed by atoms with Gasteiger partial charge < -0.3 is 14.8 Å². The number of amides is 2. The predicted molar refractivity (Wildman–Crippen MR) is 142 cm³/mol. The minimum atomic E-state index is -0.677.